The van der Waals surface area contributed by atoms with E-state index in [9.17, 15) is 4.39 Å². The van der Waals surface area contributed by atoms with Crippen molar-refractivity contribution >= 4 is 17.3 Å². The Morgan fingerprint density at radius 1 is 1.28 bits per heavy atom. The van der Waals surface area contributed by atoms with Crippen molar-refractivity contribution in [3.8, 4) is 5.75 Å². The van der Waals surface area contributed by atoms with Gasteiger partial charge in [0.15, 0.2) is 23.2 Å². The number of benzene rings is 1. The van der Waals surface area contributed by atoms with Crippen molar-refractivity contribution in [2.45, 2.75) is 0 Å². The monoisotopic (exact) mass is 249 g/mol. The van der Waals surface area contributed by atoms with Crippen molar-refractivity contribution in [1.82, 2.24) is 9.97 Å². The molecule has 1 aromatic carbocycles. The molecule has 0 unspecified atom stereocenters. The predicted molar refractivity (Wildman–Crippen MR) is 66.1 cm³/mol. The molecule has 0 atom stereocenters. The zero-order chi connectivity index (χ0) is 13.0. The van der Waals surface area contributed by atoms with Gasteiger partial charge >= 0.3 is 0 Å². The van der Waals surface area contributed by atoms with Crippen LogP contribution in [0.25, 0.3) is 0 Å². The van der Waals surface area contributed by atoms with Crippen LogP contribution >= 0.6 is 0 Å². The van der Waals surface area contributed by atoms with Crippen molar-refractivity contribution < 1.29 is 9.13 Å². The Morgan fingerprint density at radius 2 is 2.06 bits per heavy atom. The molecule has 6 nitrogen and oxygen atoms in total. The van der Waals surface area contributed by atoms with Gasteiger partial charge in [0.2, 0.25) is 0 Å². The van der Waals surface area contributed by atoms with Crippen LogP contribution in [0.1, 0.15) is 0 Å². The van der Waals surface area contributed by atoms with E-state index in [1.54, 1.807) is 6.07 Å². The fourth-order valence-electron chi connectivity index (χ4n) is 1.39. The third-order valence-electron chi connectivity index (χ3n) is 2.21. The number of rotatable bonds is 4. The van der Waals surface area contributed by atoms with Gasteiger partial charge in [0, 0.05) is 11.8 Å². The van der Waals surface area contributed by atoms with E-state index in [1.165, 1.54) is 31.6 Å². The number of methoxy groups -OCH3 is 1. The first-order valence-corrected chi connectivity index (χ1v) is 5.12. The minimum Gasteiger partial charge on any atom is -0.494 e. The Bertz CT molecular complexity index is 549. The zero-order valence-electron chi connectivity index (χ0n) is 9.64. The van der Waals surface area contributed by atoms with Crippen molar-refractivity contribution in [3.05, 3.63) is 36.4 Å². The van der Waals surface area contributed by atoms with Crippen molar-refractivity contribution in [2.75, 3.05) is 17.9 Å². The van der Waals surface area contributed by atoms with Gasteiger partial charge in [-0.05, 0) is 12.1 Å². The minimum atomic E-state index is -0.455. The highest BCUT2D eigenvalue weighted by Crippen LogP contribution is 2.22. The third-order valence-corrected chi connectivity index (χ3v) is 2.21. The zero-order valence-corrected chi connectivity index (χ0v) is 9.64. The average molecular weight is 249 g/mol. The molecule has 1 aromatic heterocycles. The number of ether oxygens (including phenoxy) is 1. The Kier molecular flexibility index (Phi) is 3.54. The van der Waals surface area contributed by atoms with E-state index in [0.29, 0.717) is 17.3 Å². The molecular weight excluding hydrogens is 237 g/mol. The lowest BCUT2D eigenvalue weighted by molar-refractivity contribution is 0.386. The summed E-state index contributed by atoms with van der Waals surface area (Å²) in [4.78, 5) is 8.02. The van der Waals surface area contributed by atoms with Gasteiger partial charge in [-0.1, -0.05) is 0 Å². The van der Waals surface area contributed by atoms with Gasteiger partial charge in [-0.25, -0.2) is 15.2 Å². The maximum atomic E-state index is 13.5. The minimum absolute atomic E-state index is 0.184. The Hall–Kier alpha value is -2.41. The summed E-state index contributed by atoms with van der Waals surface area (Å²) in [5, 5.41) is 2.91. The molecule has 0 fully saturated rings. The maximum Gasteiger partial charge on any atom is 0.167 e. The molecule has 0 saturated heterocycles. The molecule has 18 heavy (non-hydrogen) atoms. The quantitative estimate of drug-likeness (QED) is 0.564. The second kappa shape index (κ2) is 5.28. The van der Waals surface area contributed by atoms with Gasteiger partial charge in [0.25, 0.3) is 0 Å². The second-order valence-electron chi connectivity index (χ2n) is 3.41. The molecule has 94 valence electrons. The highest BCUT2D eigenvalue weighted by Gasteiger charge is 2.04. The molecule has 0 bridgehead atoms. The average Bonchev–Trinajstić information content (AvgIpc) is 2.39. The molecule has 0 aliphatic rings. The van der Waals surface area contributed by atoms with Gasteiger partial charge in [0.05, 0.1) is 19.5 Å². The lowest BCUT2D eigenvalue weighted by Gasteiger charge is -2.08. The van der Waals surface area contributed by atoms with Crippen LogP contribution in [0.5, 0.6) is 5.75 Å². The first-order chi connectivity index (χ1) is 8.72. The van der Waals surface area contributed by atoms with Crippen molar-refractivity contribution in [1.29, 1.82) is 0 Å². The lowest BCUT2D eigenvalue weighted by atomic mass is 10.3. The molecule has 2 rings (SSSR count). The van der Waals surface area contributed by atoms with Gasteiger partial charge in [0.1, 0.15) is 0 Å². The van der Waals surface area contributed by atoms with E-state index < -0.39 is 5.82 Å². The first-order valence-electron chi connectivity index (χ1n) is 5.12. The summed E-state index contributed by atoms with van der Waals surface area (Å²) in [6.45, 7) is 0. The molecular formula is C11H12FN5O. The van der Waals surface area contributed by atoms with E-state index in [1.807, 2.05) is 0 Å². The summed E-state index contributed by atoms with van der Waals surface area (Å²) in [5.41, 5.74) is 2.91. The van der Waals surface area contributed by atoms with Gasteiger partial charge in [-0.2, -0.15) is 0 Å². The van der Waals surface area contributed by atoms with Gasteiger partial charge < -0.3 is 15.5 Å². The number of anilines is 3. The van der Waals surface area contributed by atoms with Crippen LogP contribution in [0.3, 0.4) is 0 Å². The van der Waals surface area contributed by atoms with E-state index in [2.05, 4.69) is 20.7 Å². The Labute approximate surface area is 103 Å². The topological polar surface area (TPSA) is 85.1 Å². The summed E-state index contributed by atoms with van der Waals surface area (Å²) >= 11 is 0. The number of nitrogens with two attached hydrogens (primary N) is 1. The normalized spacial score (nSPS) is 9.94. The predicted octanol–water partition coefficient (Wildman–Crippen LogP) is 1.65. The van der Waals surface area contributed by atoms with E-state index >= 15 is 0 Å². The lowest BCUT2D eigenvalue weighted by Crippen LogP contribution is -2.09. The number of hydrogen-bond donors (Lipinski definition) is 3. The number of aromatic nitrogens is 2. The molecule has 7 heteroatoms. The standard InChI is InChI=1S/C11H12FN5O/c1-18-9-3-2-7(4-8(9)12)15-10-5-14-6-11(16-10)17-13/h2-6H,13H2,1H3,(H2,15,16,17). The molecule has 0 aliphatic heterocycles. The van der Waals surface area contributed by atoms with Gasteiger partial charge in [-0.3, -0.25) is 4.98 Å². The largest absolute Gasteiger partial charge is 0.494 e. The van der Waals surface area contributed by atoms with Crippen molar-refractivity contribution in [3.63, 3.8) is 0 Å². The molecule has 0 spiro atoms. The molecule has 0 amide bonds. The number of halogens is 1. The van der Waals surface area contributed by atoms with Crippen LogP contribution in [0.15, 0.2) is 30.6 Å². The summed E-state index contributed by atoms with van der Waals surface area (Å²) < 4.78 is 18.3. The number of hydrogen-bond acceptors (Lipinski definition) is 6. The van der Waals surface area contributed by atoms with Crippen LogP contribution in [0, 0.1) is 5.82 Å². The fraction of sp³-hybridized carbons (Fsp3) is 0.0909. The Balaban J connectivity index is 2.20. The number of hydrazine groups is 1. The van der Waals surface area contributed by atoms with Crippen LogP contribution in [-0.2, 0) is 0 Å². The summed E-state index contributed by atoms with van der Waals surface area (Å²) in [5.74, 6) is 5.81. The van der Waals surface area contributed by atoms with Crippen LogP contribution in [0.4, 0.5) is 21.7 Å². The summed E-state index contributed by atoms with van der Waals surface area (Å²) in [6, 6.07) is 4.51. The van der Waals surface area contributed by atoms with E-state index in [0.717, 1.165) is 0 Å². The van der Waals surface area contributed by atoms with E-state index in [-0.39, 0.29) is 5.75 Å². The SMILES string of the molecule is COc1ccc(Nc2cncc(NN)n2)cc1F. The Morgan fingerprint density at radius 3 is 2.72 bits per heavy atom. The third kappa shape index (κ3) is 2.64. The fourth-order valence-corrected chi connectivity index (χ4v) is 1.39. The summed E-state index contributed by atoms with van der Waals surface area (Å²) in [7, 11) is 1.41. The number of nitrogens with one attached hydrogen (secondary N) is 2. The number of nitrogens with zero attached hydrogens (tertiary/aromatic N) is 2. The highest BCUT2D eigenvalue weighted by atomic mass is 19.1. The first kappa shape index (κ1) is 12.1. The van der Waals surface area contributed by atoms with Crippen LogP contribution in [-0.4, -0.2) is 17.1 Å². The maximum absolute atomic E-state index is 13.5. The van der Waals surface area contributed by atoms with Crippen LogP contribution < -0.4 is 21.3 Å². The van der Waals surface area contributed by atoms with E-state index in [4.69, 9.17) is 10.6 Å². The highest BCUT2D eigenvalue weighted by molar-refractivity contribution is 5.58. The smallest absolute Gasteiger partial charge is 0.167 e. The van der Waals surface area contributed by atoms with Gasteiger partial charge in [-0.15, -0.1) is 0 Å². The molecule has 0 aliphatic carbocycles. The molecule has 2 aromatic rings. The molecule has 0 radical (unpaired) electrons. The molecule has 0 saturated carbocycles. The summed E-state index contributed by atoms with van der Waals surface area (Å²) in [6.07, 6.45) is 2.97. The van der Waals surface area contributed by atoms with Crippen LogP contribution in [0.2, 0.25) is 0 Å². The van der Waals surface area contributed by atoms with Crippen molar-refractivity contribution in [2.24, 2.45) is 5.84 Å². The second-order valence-corrected chi connectivity index (χ2v) is 3.41. The number of nitrogen functional groups attached to an aromatic ring is 1. The molecule has 1 heterocycles. The molecule has 4 N–H and O–H groups in total.